The standard InChI is InChI=1S/C24H30N4O3/c1-16-9-11-25-15-22(16)18(13-23(29)30)12-20-14-21(31-28-20)6-2-5-19-8-7-17-4-3-10-26-24(17)27-19/h7-9,11,14-16,18,22H,2-6,10,12-13H2,1H3,(H,26,27)(H,29,30). The Kier molecular flexibility index (Phi) is 6.79. The number of aromatic nitrogens is 2. The minimum Gasteiger partial charge on any atom is -0.481 e. The number of aryl methyl sites for hydroxylation is 3. The van der Waals surface area contributed by atoms with E-state index < -0.39 is 5.97 Å². The van der Waals surface area contributed by atoms with Crippen molar-refractivity contribution in [2.45, 2.75) is 51.9 Å². The molecule has 0 saturated carbocycles. The van der Waals surface area contributed by atoms with Crippen LogP contribution in [0.2, 0.25) is 0 Å². The average molecular weight is 423 g/mol. The largest absolute Gasteiger partial charge is 0.481 e. The highest BCUT2D eigenvalue weighted by Gasteiger charge is 2.28. The fourth-order valence-corrected chi connectivity index (χ4v) is 4.51. The minimum atomic E-state index is -0.795. The van der Waals surface area contributed by atoms with Gasteiger partial charge in [-0.1, -0.05) is 24.2 Å². The number of anilines is 1. The number of nitrogens with one attached hydrogen (secondary N) is 1. The molecule has 0 aliphatic carbocycles. The van der Waals surface area contributed by atoms with Crippen molar-refractivity contribution in [3.63, 3.8) is 0 Å². The summed E-state index contributed by atoms with van der Waals surface area (Å²) >= 11 is 0. The van der Waals surface area contributed by atoms with Gasteiger partial charge in [-0.05, 0) is 55.6 Å². The van der Waals surface area contributed by atoms with E-state index >= 15 is 0 Å². The van der Waals surface area contributed by atoms with Gasteiger partial charge >= 0.3 is 5.97 Å². The molecule has 0 saturated heterocycles. The number of aliphatic imine (C=N–C) groups is 1. The second-order valence-corrected chi connectivity index (χ2v) is 8.62. The Hall–Kier alpha value is -2.96. The van der Waals surface area contributed by atoms with Crippen LogP contribution in [0.1, 0.15) is 48.9 Å². The van der Waals surface area contributed by atoms with E-state index in [0.29, 0.717) is 6.42 Å². The van der Waals surface area contributed by atoms with Gasteiger partial charge in [0.15, 0.2) is 0 Å². The third-order valence-corrected chi connectivity index (χ3v) is 6.21. The second kappa shape index (κ2) is 9.90. The van der Waals surface area contributed by atoms with Gasteiger partial charge in [0.2, 0.25) is 0 Å². The minimum absolute atomic E-state index is 0.0636. The molecule has 2 N–H and O–H groups in total. The lowest BCUT2D eigenvalue weighted by Crippen LogP contribution is -2.27. The number of rotatable bonds is 9. The van der Waals surface area contributed by atoms with Crippen LogP contribution in [-0.4, -0.2) is 34.0 Å². The smallest absolute Gasteiger partial charge is 0.303 e. The van der Waals surface area contributed by atoms with Crippen LogP contribution in [0.3, 0.4) is 0 Å². The normalized spacial score (nSPS) is 20.8. The first kappa shape index (κ1) is 21.3. The molecule has 0 radical (unpaired) electrons. The Morgan fingerprint density at radius 2 is 2.23 bits per heavy atom. The molecule has 2 aromatic rings. The lowest BCUT2D eigenvalue weighted by Gasteiger charge is -2.27. The molecule has 0 bridgehead atoms. The first-order valence-electron chi connectivity index (χ1n) is 11.2. The molecule has 0 fully saturated rings. The fraction of sp³-hybridized carbons (Fsp3) is 0.500. The summed E-state index contributed by atoms with van der Waals surface area (Å²) < 4.78 is 5.54. The molecule has 0 spiro atoms. The molecule has 2 aliphatic heterocycles. The molecule has 2 aliphatic rings. The van der Waals surface area contributed by atoms with E-state index in [1.54, 1.807) is 6.20 Å². The van der Waals surface area contributed by atoms with Crippen molar-refractivity contribution in [1.82, 2.24) is 10.1 Å². The monoisotopic (exact) mass is 422 g/mol. The van der Waals surface area contributed by atoms with Crippen molar-refractivity contribution < 1.29 is 14.4 Å². The lowest BCUT2D eigenvalue weighted by molar-refractivity contribution is -0.138. The first-order valence-corrected chi connectivity index (χ1v) is 11.2. The van der Waals surface area contributed by atoms with Gasteiger partial charge < -0.3 is 14.9 Å². The van der Waals surface area contributed by atoms with Crippen LogP contribution >= 0.6 is 0 Å². The highest BCUT2D eigenvalue weighted by atomic mass is 16.5. The number of carbonyl (C=O) groups is 1. The zero-order chi connectivity index (χ0) is 21.6. The number of hydrogen-bond donors (Lipinski definition) is 2. The highest BCUT2D eigenvalue weighted by Crippen LogP contribution is 2.29. The number of allylic oxidation sites excluding steroid dienone is 1. The molecule has 0 amide bonds. The Morgan fingerprint density at radius 3 is 3.06 bits per heavy atom. The molecule has 7 nitrogen and oxygen atoms in total. The Labute approximate surface area is 182 Å². The molecular formula is C24H30N4O3. The van der Waals surface area contributed by atoms with Crippen molar-refractivity contribution in [3.8, 4) is 0 Å². The summed E-state index contributed by atoms with van der Waals surface area (Å²) in [5.41, 5.74) is 3.21. The number of pyridine rings is 1. The SMILES string of the molecule is CC1C=CN=CC1C(CC(=O)O)Cc1cc(CCCc2ccc3c(n2)NCCC3)on1. The number of carboxylic acids is 1. The fourth-order valence-electron chi connectivity index (χ4n) is 4.51. The molecule has 164 valence electrons. The van der Waals surface area contributed by atoms with E-state index in [9.17, 15) is 9.90 Å². The highest BCUT2D eigenvalue weighted by molar-refractivity contribution is 5.70. The van der Waals surface area contributed by atoms with E-state index in [2.05, 4.69) is 34.5 Å². The zero-order valence-corrected chi connectivity index (χ0v) is 18.0. The summed E-state index contributed by atoms with van der Waals surface area (Å²) in [6.45, 7) is 3.09. The molecule has 7 heteroatoms. The second-order valence-electron chi connectivity index (χ2n) is 8.62. The number of aliphatic carboxylic acids is 1. The van der Waals surface area contributed by atoms with Gasteiger partial charge in [-0.25, -0.2) is 4.98 Å². The maximum Gasteiger partial charge on any atom is 0.303 e. The predicted molar refractivity (Wildman–Crippen MR) is 119 cm³/mol. The zero-order valence-electron chi connectivity index (χ0n) is 18.0. The van der Waals surface area contributed by atoms with Crippen molar-refractivity contribution in [1.29, 1.82) is 0 Å². The Balaban J connectivity index is 1.32. The molecule has 2 aromatic heterocycles. The van der Waals surface area contributed by atoms with Crippen molar-refractivity contribution in [2.24, 2.45) is 22.7 Å². The maximum absolute atomic E-state index is 11.4. The molecule has 4 heterocycles. The van der Waals surface area contributed by atoms with Gasteiger partial charge in [0.1, 0.15) is 11.6 Å². The van der Waals surface area contributed by atoms with E-state index in [0.717, 1.165) is 55.2 Å². The van der Waals surface area contributed by atoms with Gasteiger partial charge in [0.05, 0.1) is 5.69 Å². The van der Waals surface area contributed by atoms with Crippen LogP contribution in [-0.2, 0) is 30.5 Å². The third kappa shape index (κ3) is 5.60. The van der Waals surface area contributed by atoms with Gasteiger partial charge in [-0.2, -0.15) is 0 Å². The van der Waals surface area contributed by atoms with Crippen molar-refractivity contribution in [2.75, 3.05) is 11.9 Å². The summed E-state index contributed by atoms with van der Waals surface area (Å²) in [6.07, 6.45) is 11.2. The number of fused-ring (bicyclic) bond motifs is 1. The third-order valence-electron chi connectivity index (χ3n) is 6.21. The van der Waals surface area contributed by atoms with E-state index in [1.165, 1.54) is 12.0 Å². The number of carboxylic acid groups (broad SMARTS) is 1. The summed E-state index contributed by atoms with van der Waals surface area (Å²) in [5, 5.41) is 17.0. The molecule has 3 unspecified atom stereocenters. The van der Waals surface area contributed by atoms with E-state index in [4.69, 9.17) is 9.51 Å². The molecule has 4 rings (SSSR count). The van der Waals surface area contributed by atoms with Crippen molar-refractivity contribution in [3.05, 3.63) is 53.2 Å². The summed E-state index contributed by atoms with van der Waals surface area (Å²) in [4.78, 5) is 20.4. The molecule has 3 atom stereocenters. The maximum atomic E-state index is 11.4. The van der Waals surface area contributed by atoms with Crippen LogP contribution in [0.5, 0.6) is 0 Å². The van der Waals surface area contributed by atoms with E-state index in [-0.39, 0.29) is 24.2 Å². The van der Waals surface area contributed by atoms with Crippen LogP contribution in [0.4, 0.5) is 5.82 Å². The van der Waals surface area contributed by atoms with Crippen LogP contribution in [0.15, 0.2) is 40.0 Å². The summed E-state index contributed by atoms with van der Waals surface area (Å²) in [6, 6.07) is 6.27. The molecule has 31 heavy (non-hydrogen) atoms. The van der Waals surface area contributed by atoms with Crippen LogP contribution in [0.25, 0.3) is 0 Å². The topological polar surface area (TPSA) is 101 Å². The summed E-state index contributed by atoms with van der Waals surface area (Å²) in [7, 11) is 0. The quantitative estimate of drug-likeness (QED) is 0.631. The molecular weight excluding hydrogens is 392 g/mol. The van der Waals surface area contributed by atoms with E-state index in [1.807, 2.05) is 18.4 Å². The number of nitrogens with zero attached hydrogens (tertiary/aromatic N) is 3. The van der Waals surface area contributed by atoms with Gasteiger partial charge in [0.25, 0.3) is 0 Å². The Morgan fingerprint density at radius 1 is 1.32 bits per heavy atom. The van der Waals surface area contributed by atoms with Crippen molar-refractivity contribution >= 4 is 18.0 Å². The van der Waals surface area contributed by atoms with Crippen LogP contribution < -0.4 is 5.32 Å². The first-order chi connectivity index (χ1) is 15.1. The number of hydrogen-bond acceptors (Lipinski definition) is 6. The Bertz CT molecular complexity index is 965. The van der Waals surface area contributed by atoms with Gasteiger partial charge in [-0.3, -0.25) is 9.79 Å². The lowest BCUT2D eigenvalue weighted by atomic mass is 9.78. The van der Waals surface area contributed by atoms with Gasteiger partial charge in [-0.15, -0.1) is 0 Å². The predicted octanol–water partition coefficient (Wildman–Crippen LogP) is 4.09. The molecule has 0 aromatic carbocycles. The summed E-state index contributed by atoms with van der Waals surface area (Å²) in [5.74, 6) is 1.36. The van der Waals surface area contributed by atoms with Crippen LogP contribution in [0, 0.1) is 17.8 Å². The average Bonchev–Trinajstić information content (AvgIpc) is 3.20. The van der Waals surface area contributed by atoms with Gasteiger partial charge in [0, 0.05) is 49.5 Å².